The highest BCUT2D eigenvalue weighted by molar-refractivity contribution is 9.11. The number of piperidine rings is 3. The molecule has 0 unspecified atom stereocenters. The van der Waals surface area contributed by atoms with Gasteiger partial charge in [-0.2, -0.15) is 0 Å². The number of nitrogens with one attached hydrogen (secondary N) is 2. The molecule has 0 saturated carbocycles. The molecule has 0 spiro atoms. The van der Waals surface area contributed by atoms with Crippen LogP contribution in [0.1, 0.15) is 265 Å². The van der Waals surface area contributed by atoms with E-state index >= 15 is 0 Å². The average molecular weight is 2350 g/mol. The van der Waals surface area contributed by atoms with Crippen molar-refractivity contribution in [2.24, 2.45) is 0 Å². The molecule has 0 radical (unpaired) electrons. The number of Topliss-reactive ketones (excluding diaryl/α,β-unsaturated/α-hetero) is 2. The van der Waals surface area contributed by atoms with Crippen LogP contribution in [0.3, 0.4) is 0 Å². The van der Waals surface area contributed by atoms with E-state index in [9.17, 15) is 33.6 Å². The number of likely N-dealkylation sites (tertiary alicyclic amines) is 3. The largest absolute Gasteiger partial charge is 0.494 e. The second-order valence-corrected chi connectivity index (χ2v) is 47.5. The van der Waals surface area contributed by atoms with Crippen LogP contribution in [-0.2, 0) is 56.5 Å². The van der Waals surface area contributed by atoms with E-state index in [0.29, 0.717) is 42.5 Å². The zero-order valence-corrected chi connectivity index (χ0v) is 96.3. The Morgan fingerprint density at radius 1 is 0.392 bits per heavy atom. The number of rotatable bonds is 13. The molecule has 28 nitrogen and oxygen atoms in total. The van der Waals surface area contributed by atoms with Gasteiger partial charge in [-0.05, 0) is 347 Å². The number of ether oxygens (including phenoxy) is 4. The zero-order chi connectivity index (χ0) is 108. The van der Waals surface area contributed by atoms with Crippen molar-refractivity contribution in [1.29, 1.82) is 0 Å². The third kappa shape index (κ3) is 31.1. The Morgan fingerprint density at radius 3 is 1.05 bits per heavy atom. The summed E-state index contributed by atoms with van der Waals surface area (Å²) in [6.45, 7) is 43.7. The van der Waals surface area contributed by atoms with Crippen molar-refractivity contribution in [1.82, 2.24) is 40.8 Å². The molecule has 36 heteroatoms. The van der Waals surface area contributed by atoms with Gasteiger partial charge < -0.3 is 73.2 Å². The predicted octanol–water partition coefficient (Wildman–Crippen LogP) is 27.5. The number of alkyl halides is 1. The Labute approximate surface area is 910 Å². The molecule has 18 rings (SSSR count). The first kappa shape index (κ1) is 118. The van der Waals surface area contributed by atoms with Crippen LogP contribution < -0.4 is 11.6 Å². The summed E-state index contributed by atoms with van der Waals surface area (Å²) < 4.78 is 62.4. The molecule has 10 aromatic carbocycles. The van der Waals surface area contributed by atoms with E-state index in [-0.39, 0.29) is 89.3 Å². The first-order valence-corrected chi connectivity index (χ1v) is 53.7. The molecule has 12 aromatic rings. The van der Waals surface area contributed by atoms with Gasteiger partial charge in [0.05, 0.1) is 80.4 Å². The van der Waals surface area contributed by atoms with Crippen LogP contribution in [-0.4, -0.2) is 202 Å². The monoisotopic (exact) mass is 2340 g/mol. The number of fused-ring (bicyclic) bond motifs is 5. The van der Waals surface area contributed by atoms with Gasteiger partial charge in [0.25, 0.3) is 5.97 Å². The highest BCUT2D eigenvalue weighted by atomic mass is 79.9. The molecule has 3 amide bonds. The van der Waals surface area contributed by atoms with E-state index in [2.05, 4.69) is 194 Å². The summed E-state index contributed by atoms with van der Waals surface area (Å²) in [7, 11) is -1.33. The van der Waals surface area contributed by atoms with Crippen LogP contribution in [0, 0.1) is 0 Å². The lowest BCUT2D eigenvalue weighted by molar-refractivity contribution is -0.150. The topological polar surface area (TPSA) is 371 Å². The van der Waals surface area contributed by atoms with Gasteiger partial charge in [-0.25, -0.2) is 33.9 Å². The summed E-state index contributed by atoms with van der Waals surface area (Å²) in [5, 5.41) is 27.3. The normalized spacial score (nSPS) is 18.3. The van der Waals surface area contributed by atoms with Gasteiger partial charge in [-0.1, -0.05) is 177 Å². The highest BCUT2D eigenvalue weighted by Gasteiger charge is 2.64. The summed E-state index contributed by atoms with van der Waals surface area (Å²) in [5.41, 5.74) is 2.73. The minimum atomic E-state index is -0.894. The van der Waals surface area contributed by atoms with Crippen LogP contribution >= 0.6 is 79.6 Å². The highest BCUT2D eigenvalue weighted by Crippen LogP contribution is 2.45. The van der Waals surface area contributed by atoms with Crippen molar-refractivity contribution >= 4 is 208 Å². The fraction of sp³-hybridized carbons (Fsp3) is 0.429. The fourth-order valence-electron chi connectivity index (χ4n) is 17.0. The van der Waals surface area contributed by atoms with Crippen molar-refractivity contribution in [3.05, 3.63) is 241 Å². The van der Waals surface area contributed by atoms with Gasteiger partial charge in [0.2, 0.25) is 0 Å². The van der Waals surface area contributed by atoms with Gasteiger partial charge >= 0.3 is 51.4 Å². The Hall–Kier alpha value is -10.2. The Kier molecular flexibility index (Phi) is 39.1. The van der Waals surface area contributed by atoms with Gasteiger partial charge in [0.15, 0.2) is 18.2 Å². The Bertz CT molecular complexity index is 6710. The molecule has 6 aliphatic heterocycles. The number of carboxylic acid groups (broad SMARTS) is 2. The Balaban J connectivity index is 0.000000172. The van der Waals surface area contributed by atoms with Crippen LogP contribution in [0.25, 0.3) is 76.4 Å². The third-order valence-corrected chi connectivity index (χ3v) is 29.3. The first-order valence-electron chi connectivity index (χ1n) is 49.4. The lowest BCUT2D eigenvalue weighted by atomic mass is 9.49. The number of nitrogens with zero attached hydrogens (tertiary/aromatic N) is 5. The molecule has 3 atom stereocenters. The second kappa shape index (κ2) is 49.0. The number of hydrogen-bond donors (Lipinski definition) is 5. The number of H-pyrrole nitrogens is 2. The van der Waals surface area contributed by atoms with Crippen molar-refractivity contribution in [3.8, 4) is 22.5 Å². The van der Waals surface area contributed by atoms with Crippen molar-refractivity contribution < 1.29 is 95.4 Å². The first-order chi connectivity index (χ1) is 68.7. The summed E-state index contributed by atoms with van der Waals surface area (Å²) in [4.78, 5) is 116. The van der Waals surface area contributed by atoms with Crippen molar-refractivity contribution in [2.75, 3.05) is 31.6 Å². The molecule has 0 aliphatic carbocycles. The molecule has 2 aromatic heterocycles. The Morgan fingerprint density at radius 2 is 0.689 bits per heavy atom. The number of carbonyl (C=O) groups excluding carboxylic acids is 6. The van der Waals surface area contributed by atoms with Gasteiger partial charge in [0.1, 0.15) is 34.5 Å². The average Bonchev–Trinajstić information content (AvgIpc) is 1.71. The molecule has 8 heterocycles. The number of carboxylic acids is 2. The number of esters is 1. The fourth-order valence-corrected chi connectivity index (χ4v) is 18.8. The molecular weight excluding hydrogens is 2210 g/mol. The number of ketones is 2. The predicted molar refractivity (Wildman–Crippen MR) is 602 cm³/mol. The number of amides is 3. The van der Waals surface area contributed by atoms with Gasteiger partial charge in [0, 0.05) is 66.7 Å². The number of benzene rings is 10. The lowest BCUT2D eigenvalue weighted by Gasteiger charge is -2.35. The van der Waals surface area contributed by atoms with E-state index in [1.165, 1.54) is 15.7 Å². The number of aromatic amines is 2. The smallest absolute Gasteiger partial charge is 0.481 e. The van der Waals surface area contributed by atoms with Crippen LogP contribution in [0.2, 0.25) is 0 Å². The maximum absolute atomic E-state index is 12.9. The molecule has 7 N–H and O–H groups in total. The SMILES string of the molecule is CC(=O)O.CC(C)(C)OC(=O)N1CCCC[C@H]1C(=O)OCC(=O)c1ccc2cc(Br)ccc2c1.CC(C)(C)OC(=O)N1CCCC[C@H]1c1ncc(-c2ccc3cc(B4OC(C)(C)C(C)(C)O4)ccc3c2)[nH]1.CC(C)(C)OC(=O)N1CCCC[C@H]1c1ncc(-c2ccc3cc(Br)ccc3c2)[nH]1.CC1(C)OB(B2OC(C)(C)C(C)(C)O2)OC1(C)C.N.O=C(CBr)c1ccc2cc(Br)ccc2c1.O=C(O)c1ccc2cc(Br)ccc2c1. The molecule has 6 aliphatic rings. The van der Waals surface area contributed by atoms with E-state index in [0.717, 1.165) is 164 Å². The van der Waals surface area contributed by atoms with E-state index in [1.54, 1.807) is 45.0 Å². The lowest BCUT2D eigenvalue weighted by Crippen LogP contribution is -2.50. The summed E-state index contributed by atoms with van der Waals surface area (Å²) in [5.74, 6) is -0.848. The summed E-state index contributed by atoms with van der Waals surface area (Å²) >= 11 is 16.9. The maximum Gasteiger partial charge on any atom is 0.494 e. The maximum atomic E-state index is 12.9. The second-order valence-electron chi connectivity index (χ2n) is 43.3. The quantitative estimate of drug-likeness (QED) is 0.0235. The number of aromatic nitrogens is 4. The van der Waals surface area contributed by atoms with E-state index in [1.807, 2.05) is 210 Å². The molecule has 6 saturated heterocycles. The number of hydrogen-bond acceptors (Lipinski definition) is 21. The van der Waals surface area contributed by atoms with Crippen molar-refractivity contribution in [2.45, 2.75) is 279 Å². The number of imidazole rings is 2. The van der Waals surface area contributed by atoms with Crippen LogP contribution in [0.15, 0.2) is 212 Å². The zero-order valence-electron chi connectivity index (χ0n) is 88.4. The number of aromatic carboxylic acids is 1. The van der Waals surface area contributed by atoms with E-state index < -0.39 is 60.9 Å². The third-order valence-electron chi connectivity index (χ3n) is 26.8. The van der Waals surface area contributed by atoms with Gasteiger partial charge in [-0.3, -0.25) is 29.1 Å². The standard InChI is InChI=1S/C29H38BN3O4.C23H26BrN3O2.C23H26BrNO5.C12H24B2O4.C12H8Br2O.C11H7BrO2.C2H4O2.H3N/c1-27(2,3)35-26(34)33-15-9-8-10-24(33)25-31-18-23(32-25)21-12-11-20-17-22(14-13-19(20)16-21)30-36-28(4,5)29(6,7)37-30;1-23(2,3)29-22(28)27-11-5-4-6-20(27)21-25-14-19(26-21)17-8-7-16-13-18(24)10-9-15(16)12-17;1-23(2,3)30-22(28)25-11-5-4-6-19(25)21(27)29-14-20(26)17-8-7-16-13-18(24)10-9-15(16)12-17;1-9(2)10(3,4)16-13(15-9)14-17-11(5,6)12(7,8)18-14;13-7-12(15)10-2-1-9-6-11(14)4-3-8(9)5-10;12-10-4-3-7-5-9(11(13)14)2-1-8(7)6-10;1-2(3)4;/h11-14,16-18,24H,8-10,15H2,1-7H3,(H,31,32);7-10,12-14,20H,4-6,11H2,1-3H3,(H,25,26);7-10,12-13,19H,4-6,11,14H2,1-3H3;1-8H3;1-6H,7H2;1-6H,(H,13,14);1H3,(H,3,4);1H3/t24-;20-;19-;;;;;/m000...../s1. The summed E-state index contributed by atoms with van der Waals surface area (Å²) in [6, 6.07) is 58.2. The number of aliphatic carboxylic acids is 1. The van der Waals surface area contributed by atoms with Crippen molar-refractivity contribution in [3.63, 3.8) is 0 Å². The minimum absolute atomic E-state index is 0. The van der Waals surface area contributed by atoms with Gasteiger partial charge in [-0.15, -0.1) is 0 Å². The van der Waals surface area contributed by atoms with Crippen LogP contribution in [0.4, 0.5) is 14.4 Å². The molecule has 788 valence electrons. The van der Waals surface area contributed by atoms with Crippen LogP contribution in [0.5, 0.6) is 0 Å². The number of halogens is 5. The molecular formula is C112H136B3Br5N8O20. The number of carbonyl (C=O) groups is 8. The molecule has 6 fully saturated rings. The molecule has 0 bridgehead atoms. The molecule has 148 heavy (non-hydrogen) atoms. The van der Waals surface area contributed by atoms with E-state index in [4.69, 9.17) is 61.9 Å². The minimum Gasteiger partial charge on any atom is -0.481 e. The summed E-state index contributed by atoms with van der Waals surface area (Å²) in [6.07, 6.45) is 10.6.